The lowest BCUT2D eigenvalue weighted by Gasteiger charge is -2.24. The third-order valence-electron chi connectivity index (χ3n) is 5.87. The first-order valence-corrected chi connectivity index (χ1v) is 13.1. The first-order chi connectivity index (χ1) is 18.9. The Morgan fingerprint density at radius 3 is 2.49 bits per heavy atom. The molecule has 1 unspecified atom stereocenters. The van der Waals surface area contributed by atoms with Gasteiger partial charge in [0.15, 0.2) is 0 Å². The summed E-state index contributed by atoms with van der Waals surface area (Å²) in [5, 5.41) is 14.0. The van der Waals surface area contributed by atoms with Crippen molar-refractivity contribution >= 4 is 40.7 Å². The smallest absolute Gasteiger partial charge is 0.138 e. The molecule has 0 saturated carbocycles. The number of ether oxygens (including phenoxy) is 1. The molecule has 0 aliphatic heterocycles. The second kappa shape index (κ2) is 13.8. The van der Waals surface area contributed by atoms with Gasteiger partial charge in [0.25, 0.3) is 0 Å². The van der Waals surface area contributed by atoms with E-state index >= 15 is 0 Å². The van der Waals surface area contributed by atoms with Crippen molar-refractivity contribution in [1.82, 2.24) is 14.9 Å². The van der Waals surface area contributed by atoms with Gasteiger partial charge in [0.2, 0.25) is 0 Å². The third kappa shape index (κ3) is 8.55. The van der Waals surface area contributed by atoms with Crippen LogP contribution in [0.25, 0.3) is 6.08 Å². The summed E-state index contributed by atoms with van der Waals surface area (Å²) >= 11 is 6.67. The van der Waals surface area contributed by atoms with Gasteiger partial charge in [0, 0.05) is 24.8 Å². The summed E-state index contributed by atoms with van der Waals surface area (Å²) in [6, 6.07) is 25.6. The van der Waals surface area contributed by atoms with Crippen LogP contribution in [0.4, 0.5) is 23.0 Å². The molecule has 0 radical (unpaired) electrons. The predicted molar refractivity (Wildman–Crippen MR) is 160 cm³/mol. The van der Waals surface area contributed by atoms with E-state index in [-0.39, 0.29) is 6.61 Å². The molecule has 8 heteroatoms. The topological polar surface area (TPSA) is 73.8 Å². The molecule has 0 spiro atoms. The fourth-order valence-electron chi connectivity index (χ4n) is 4.02. The highest BCUT2D eigenvalue weighted by Gasteiger charge is 2.14. The lowest BCUT2D eigenvalue weighted by molar-refractivity contribution is 0.0831. The van der Waals surface area contributed by atoms with Crippen molar-refractivity contribution in [3.05, 3.63) is 107 Å². The maximum atomic E-state index is 10.0. The second-order valence-electron chi connectivity index (χ2n) is 9.52. The fraction of sp³-hybridized carbons (Fsp3) is 0.226. The second-order valence-corrected chi connectivity index (χ2v) is 9.92. The quantitative estimate of drug-likeness (QED) is 0.216. The normalized spacial score (nSPS) is 12.1. The molecule has 0 saturated heterocycles. The molecule has 4 aromatic rings. The third-order valence-corrected chi connectivity index (χ3v) is 6.17. The van der Waals surface area contributed by atoms with Gasteiger partial charge in [-0.15, -0.1) is 0 Å². The van der Waals surface area contributed by atoms with Crippen LogP contribution in [0.2, 0.25) is 5.02 Å². The summed E-state index contributed by atoms with van der Waals surface area (Å²) in [6.45, 7) is 3.36. The van der Waals surface area contributed by atoms with E-state index in [0.29, 0.717) is 35.5 Å². The average Bonchev–Trinajstić information content (AvgIpc) is 2.92. The minimum Gasteiger partial charge on any atom is -0.491 e. The molecule has 202 valence electrons. The van der Waals surface area contributed by atoms with Gasteiger partial charge < -0.3 is 25.0 Å². The maximum Gasteiger partial charge on any atom is 0.138 e. The SMILES string of the molecule is Cc1ccc(N(C/C=C/c2ccccc2)c2cc(Nc3ccc(OCC(O)CN(C)C)cc3)ncn2)c(Cl)c1. The van der Waals surface area contributed by atoms with Crippen LogP contribution in [0.15, 0.2) is 91.3 Å². The Morgan fingerprint density at radius 2 is 1.77 bits per heavy atom. The number of hydrogen-bond acceptors (Lipinski definition) is 7. The number of benzene rings is 3. The number of hydrogen-bond donors (Lipinski definition) is 2. The van der Waals surface area contributed by atoms with E-state index in [1.165, 1.54) is 6.33 Å². The van der Waals surface area contributed by atoms with Gasteiger partial charge in [-0.2, -0.15) is 0 Å². The molecule has 0 fully saturated rings. The van der Waals surface area contributed by atoms with Crippen molar-refractivity contribution in [2.45, 2.75) is 13.0 Å². The van der Waals surface area contributed by atoms with E-state index < -0.39 is 6.10 Å². The summed E-state index contributed by atoms with van der Waals surface area (Å²) in [7, 11) is 3.83. The van der Waals surface area contributed by atoms with E-state index in [2.05, 4.69) is 44.5 Å². The number of aryl methyl sites for hydroxylation is 1. The fourth-order valence-corrected chi connectivity index (χ4v) is 4.35. The zero-order chi connectivity index (χ0) is 27.6. The Balaban J connectivity index is 1.49. The molecule has 0 aliphatic rings. The molecule has 4 rings (SSSR count). The van der Waals surface area contributed by atoms with Crippen molar-refractivity contribution in [2.24, 2.45) is 0 Å². The molecule has 3 aromatic carbocycles. The molecule has 1 aromatic heterocycles. The molecule has 39 heavy (non-hydrogen) atoms. The summed E-state index contributed by atoms with van der Waals surface area (Å²) in [4.78, 5) is 13.0. The Morgan fingerprint density at radius 1 is 1.00 bits per heavy atom. The van der Waals surface area contributed by atoms with Crippen LogP contribution in [0.5, 0.6) is 5.75 Å². The molecule has 7 nitrogen and oxygen atoms in total. The van der Waals surface area contributed by atoms with Gasteiger partial charge in [-0.25, -0.2) is 9.97 Å². The number of nitrogens with one attached hydrogen (secondary N) is 1. The number of rotatable bonds is 12. The first kappa shape index (κ1) is 28.1. The van der Waals surface area contributed by atoms with Gasteiger partial charge in [-0.3, -0.25) is 0 Å². The molecule has 0 aliphatic carbocycles. The lowest BCUT2D eigenvalue weighted by Crippen LogP contribution is -2.30. The van der Waals surface area contributed by atoms with Crippen LogP contribution in [0.3, 0.4) is 0 Å². The predicted octanol–water partition coefficient (Wildman–Crippen LogP) is 6.33. The largest absolute Gasteiger partial charge is 0.491 e. The van der Waals surface area contributed by atoms with Crippen molar-refractivity contribution in [1.29, 1.82) is 0 Å². The van der Waals surface area contributed by atoms with Crippen LogP contribution in [0.1, 0.15) is 11.1 Å². The summed E-state index contributed by atoms with van der Waals surface area (Å²) < 4.78 is 5.71. The number of aromatic nitrogens is 2. The Labute approximate surface area is 235 Å². The van der Waals surface area contributed by atoms with E-state index in [1.54, 1.807) is 0 Å². The average molecular weight is 544 g/mol. The van der Waals surface area contributed by atoms with Crippen LogP contribution in [-0.4, -0.2) is 59.9 Å². The van der Waals surface area contributed by atoms with Crippen molar-refractivity contribution in [3.63, 3.8) is 0 Å². The van der Waals surface area contributed by atoms with Gasteiger partial charge in [-0.05, 0) is 68.5 Å². The van der Waals surface area contributed by atoms with Gasteiger partial charge in [0.1, 0.15) is 36.4 Å². The Kier molecular flexibility index (Phi) is 9.91. The highest BCUT2D eigenvalue weighted by atomic mass is 35.5. The van der Waals surface area contributed by atoms with Gasteiger partial charge >= 0.3 is 0 Å². The van der Waals surface area contributed by atoms with E-state index in [0.717, 1.165) is 22.5 Å². The van der Waals surface area contributed by atoms with Crippen LogP contribution in [0, 0.1) is 6.92 Å². The van der Waals surface area contributed by atoms with E-state index in [9.17, 15) is 5.11 Å². The number of aliphatic hydroxyl groups is 1. The standard InChI is InChI=1S/C31H34ClN5O2/c1-23-11-16-29(28(32)18-23)37(17-7-10-24-8-5-4-6-9-24)31-19-30(33-22-34-31)35-25-12-14-27(15-13-25)39-21-26(38)20-36(2)3/h4-16,18-19,22,26,38H,17,20-21H2,1-3H3,(H,33,34,35)/b10-7+. The highest BCUT2D eigenvalue weighted by molar-refractivity contribution is 6.33. The van der Waals surface area contributed by atoms with Crippen LogP contribution >= 0.6 is 11.6 Å². The number of nitrogens with zero attached hydrogens (tertiary/aromatic N) is 4. The van der Waals surface area contributed by atoms with E-state index in [4.69, 9.17) is 16.3 Å². The summed E-state index contributed by atoms with van der Waals surface area (Å²) in [5.74, 6) is 2.05. The Hall–Kier alpha value is -3.91. The molecular weight excluding hydrogens is 510 g/mol. The summed E-state index contributed by atoms with van der Waals surface area (Å²) in [6.07, 6.45) is 5.16. The molecule has 1 heterocycles. The van der Waals surface area contributed by atoms with E-state index in [1.807, 2.05) is 92.6 Å². The number of anilines is 4. The zero-order valence-corrected chi connectivity index (χ0v) is 23.2. The van der Waals surface area contributed by atoms with Crippen LogP contribution < -0.4 is 15.0 Å². The van der Waals surface area contributed by atoms with Crippen molar-refractivity contribution < 1.29 is 9.84 Å². The zero-order valence-electron chi connectivity index (χ0n) is 22.5. The van der Waals surface area contributed by atoms with Crippen LogP contribution in [-0.2, 0) is 0 Å². The first-order valence-electron chi connectivity index (χ1n) is 12.8. The molecule has 0 bridgehead atoms. The van der Waals surface area contributed by atoms with Gasteiger partial charge in [0.05, 0.1) is 10.7 Å². The Bertz CT molecular complexity index is 1360. The lowest BCUT2D eigenvalue weighted by atomic mass is 10.2. The molecular formula is C31H34ClN5O2. The molecule has 0 amide bonds. The summed E-state index contributed by atoms with van der Waals surface area (Å²) in [5.41, 5.74) is 3.93. The van der Waals surface area contributed by atoms with Crippen molar-refractivity contribution in [3.8, 4) is 5.75 Å². The minimum atomic E-state index is -0.551. The highest BCUT2D eigenvalue weighted by Crippen LogP contribution is 2.32. The number of halogens is 1. The minimum absolute atomic E-state index is 0.232. The number of likely N-dealkylation sites (N-methyl/N-ethyl adjacent to an activating group) is 1. The molecule has 1 atom stereocenters. The monoisotopic (exact) mass is 543 g/mol. The van der Waals surface area contributed by atoms with Gasteiger partial charge in [-0.1, -0.05) is 60.2 Å². The maximum absolute atomic E-state index is 10.0. The number of aliphatic hydroxyl groups excluding tert-OH is 1. The van der Waals surface area contributed by atoms with Crippen molar-refractivity contribution in [2.75, 3.05) is 44.0 Å². The molecule has 2 N–H and O–H groups in total.